The quantitative estimate of drug-likeness (QED) is 0.199. The van der Waals surface area contributed by atoms with E-state index in [1.165, 1.54) is 0 Å². The zero-order valence-corrected chi connectivity index (χ0v) is 12.2. The number of amidine groups is 1. The molecule has 0 heterocycles. The van der Waals surface area contributed by atoms with E-state index in [2.05, 4.69) is 29.2 Å². The summed E-state index contributed by atoms with van der Waals surface area (Å²) in [7, 11) is 2.01. The maximum atomic E-state index is 12.6. The van der Waals surface area contributed by atoms with Crippen molar-refractivity contribution in [1.82, 2.24) is 10.2 Å². The minimum Gasteiger partial charge on any atom is -0.409 e. The van der Waals surface area contributed by atoms with Crippen LogP contribution in [0.1, 0.15) is 26.7 Å². The Bertz CT molecular complexity index is 295. The molecule has 0 aromatic heterocycles. The third kappa shape index (κ3) is 7.54. The fourth-order valence-corrected chi connectivity index (χ4v) is 1.57. The number of nitrogens with zero attached hydrogens (tertiary/aromatic N) is 2. The fraction of sp³-hybridized carbons (Fsp3) is 0.917. The molecule has 1 atom stereocenters. The lowest BCUT2D eigenvalue weighted by atomic mass is 10.1. The lowest BCUT2D eigenvalue weighted by Crippen LogP contribution is -2.43. The zero-order chi connectivity index (χ0) is 15.8. The molecular formula is C12H25F3N4O. The third-order valence-corrected chi connectivity index (χ3v) is 3.21. The molecular weight excluding hydrogens is 273 g/mol. The first-order chi connectivity index (χ1) is 9.20. The highest BCUT2D eigenvalue weighted by Gasteiger charge is 2.42. The van der Waals surface area contributed by atoms with Crippen molar-refractivity contribution in [1.29, 1.82) is 0 Å². The lowest BCUT2D eigenvalue weighted by molar-refractivity contribution is -0.154. The summed E-state index contributed by atoms with van der Waals surface area (Å²) < 4.78 is 37.8. The van der Waals surface area contributed by atoms with Crippen molar-refractivity contribution in [3.05, 3.63) is 0 Å². The van der Waals surface area contributed by atoms with Crippen LogP contribution in [-0.4, -0.2) is 54.8 Å². The SMILES string of the molecule is CC(C)N(C)CCCCNCC(C(N)=NO)C(F)(F)F. The van der Waals surface area contributed by atoms with Crippen LogP contribution in [-0.2, 0) is 0 Å². The van der Waals surface area contributed by atoms with Crippen molar-refractivity contribution >= 4 is 5.84 Å². The van der Waals surface area contributed by atoms with E-state index in [-0.39, 0.29) is 6.54 Å². The van der Waals surface area contributed by atoms with E-state index in [9.17, 15) is 13.2 Å². The second kappa shape index (κ2) is 9.02. The number of oxime groups is 1. The second-order valence-corrected chi connectivity index (χ2v) is 5.10. The largest absolute Gasteiger partial charge is 0.409 e. The van der Waals surface area contributed by atoms with Crippen LogP contribution in [0.2, 0.25) is 0 Å². The molecule has 0 fully saturated rings. The van der Waals surface area contributed by atoms with Crippen LogP contribution in [0.4, 0.5) is 13.2 Å². The van der Waals surface area contributed by atoms with Crippen molar-refractivity contribution in [2.75, 3.05) is 26.7 Å². The van der Waals surface area contributed by atoms with Crippen molar-refractivity contribution in [3.63, 3.8) is 0 Å². The molecule has 0 saturated carbocycles. The maximum absolute atomic E-state index is 12.6. The molecule has 1 unspecified atom stereocenters. The van der Waals surface area contributed by atoms with Gasteiger partial charge < -0.3 is 21.2 Å². The molecule has 0 aromatic rings. The van der Waals surface area contributed by atoms with Crippen molar-refractivity contribution < 1.29 is 18.4 Å². The molecule has 0 aliphatic heterocycles. The van der Waals surface area contributed by atoms with Gasteiger partial charge in [0.05, 0.1) is 0 Å². The van der Waals surface area contributed by atoms with E-state index in [1.807, 2.05) is 7.05 Å². The Morgan fingerprint density at radius 1 is 1.35 bits per heavy atom. The number of nitrogens with two attached hydrogens (primary N) is 1. The standard InChI is InChI=1S/C12H25F3N4O/c1-9(2)19(3)7-5-4-6-17-8-10(11(16)18-20)12(13,14)15/h9-10,17,20H,4-8H2,1-3H3,(H2,16,18). The van der Waals surface area contributed by atoms with Gasteiger partial charge in [0.1, 0.15) is 5.92 Å². The van der Waals surface area contributed by atoms with Crippen LogP contribution >= 0.6 is 0 Å². The molecule has 0 spiro atoms. The number of hydrogen-bond acceptors (Lipinski definition) is 4. The highest BCUT2D eigenvalue weighted by atomic mass is 19.4. The van der Waals surface area contributed by atoms with Gasteiger partial charge >= 0.3 is 6.18 Å². The number of alkyl halides is 3. The normalized spacial score (nSPS) is 15.1. The Morgan fingerprint density at radius 3 is 2.40 bits per heavy atom. The summed E-state index contributed by atoms with van der Waals surface area (Å²) in [4.78, 5) is 2.18. The number of hydrogen-bond donors (Lipinski definition) is 3. The molecule has 20 heavy (non-hydrogen) atoms. The minimum atomic E-state index is -4.51. The van der Waals surface area contributed by atoms with Crippen LogP contribution in [0.3, 0.4) is 0 Å². The summed E-state index contributed by atoms with van der Waals surface area (Å²) in [5.74, 6) is -2.77. The summed E-state index contributed by atoms with van der Waals surface area (Å²) >= 11 is 0. The summed E-state index contributed by atoms with van der Waals surface area (Å²) in [5.41, 5.74) is 5.05. The molecule has 5 nitrogen and oxygen atoms in total. The Labute approximate surface area is 118 Å². The highest BCUT2D eigenvalue weighted by Crippen LogP contribution is 2.25. The van der Waals surface area contributed by atoms with Crippen molar-refractivity contribution in [2.24, 2.45) is 16.8 Å². The predicted octanol–water partition coefficient (Wildman–Crippen LogP) is 1.62. The zero-order valence-electron chi connectivity index (χ0n) is 12.2. The first kappa shape index (κ1) is 19.0. The van der Waals surface area contributed by atoms with E-state index in [4.69, 9.17) is 10.9 Å². The summed E-state index contributed by atoms with van der Waals surface area (Å²) in [5, 5.41) is 13.5. The molecule has 0 aromatic carbocycles. The molecule has 0 aliphatic carbocycles. The molecule has 0 aliphatic rings. The van der Waals surface area contributed by atoms with Gasteiger partial charge in [-0.15, -0.1) is 0 Å². The van der Waals surface area contributed by atoms with Gasteiger partial charge in [0.15, 0.2) is 5.84 Å². The first-order valence-corrected chi connectivity index (χ1v) is 6.65. The average Bonchev–Trinajstić information content (AvgIpc) is 2.34. The number of nitrogens with one attached hydrogen (secondary N) is 1. The van der Waals surface area contributed by atoms with Crippen molar-refractivity contribution in [3.8, 4) is 0 Å². The molecule has 8 heteroatoms. The Kier molecular flexibility index (Phi) is 8.56. The highest BCUT2D eigenvalue weighted by molar-refractivity contribution is 5.83. The summed E-state index contributed by atoms with van der Waals surface area (Å²) in [6.07, 6.45) is -2.83. The third-order valence-electron chi connectivity index (χ3n) is 3.21. The first-order valence-electron chi connectivity index (χ1n) is 6.65. The molecule has 0 saturated heterocycles. The predicted molar refractivity (Wildman–Crippen MR) is 72.8 cm³/mol. The van der Waals surface area contributed by atoms with Gasteiger partial charge in [-0.05, 0) is 46.8 Å². The topological polar surface area (TPSA) is 73.9 Å². The van der Waals surface area contributed by atoms with Gasteiger partial charge in [0.2, 0.25) is 0 Å². The molecule has 4 N–H and O–H groups in total. The molecule has 0 radical (unpaired) electrons. The van der Waals surface area contributed by atoms with Gasteiger partial charge in [-0.3, -0.25) is 0 Å². The van der Waals surface area contributed by atoms with Gasteiger partial charge in [-0.25, -0.2) is 0 Å². The molecule has 120 valence electrons. The molecule has 0 bridgehead atoms. The van der Waals surface area contributed by atoms with E-state index in [0.717, 1.165) is 19.4 Å². The average molecular weight is 298 g/mol. The van der Waals surface area contributed by atoms with Gasteiger partial charge in [0.25, 0.3) is 0 Å². The van der Waals surface area contributed by atoms with Crippen molar-refractivity contribution in [2.45, 2.75) is 38.9 Å². The van der Waals surface area contributed by atoms with Crippen LogP contribution in [0.25, 0.3) is 0 Å². The number of rotatable bonds is 9. The van der Waals surface area contributed by atoms with Gasteiger partial charge in [0, 0.05) is 12.6 Å². The van der Waals surface area contributed by atoms with Crippen LogP contribution < -0.4 is 11.1 Å². The van der Waals surface area contributed by atoms with Crippen LogP contribution in [0, 0.1) is 5.92 Å². The second-order valence-electron chi connectivity index (χ2n) is 5.10. The molecule has 0 amide bonds. The maximum Gasteiger partial charge on any atom is 0.400 e. The Morgan fingerprint density at radius 2 is 1.95 bits per heavy atom. The minimum absolute atomic E-state index is 0.376. The number of unbranched alkanes of at least 4 members (excludes halogenated alkanes) is 1. The number of halogens is 3. The van der Waals surface area contributed by atoms with E-state index in [1.54, 1.807) is 0 Å². The van der Waals surface area contributed by atoms with Gasteiger partial charge in [-0.2, -0.15) is 13.2 Å². The Balaban J connectivity index is 3.92. The van der Waals surface area contributed by atoms with Gasteiger partial charge in [-0.1, -0.05) is 5.16 Å². The smallest absolute Gasteiger partial charge is 0.400 e. The van der Waals surface area contributed by atoms with E-state index < -0.39 is 17.9 Å². The van der Waals surface area contributed by atoms with E-state index >= 15 is 0 Å². The van der Waals surface area contributed by atoms with E-state index in [0.29, 0.717) is 12.6 Å². The monoisotopic (exact) mass is 298 g/mol. The summed E-state index contributed by atoms with van der Waals surface area (Å²) in [6.45, 7) is 5.17. The summed E-state index contributed by atoms with van der Waals surface area (Å²) in [6, 6.07) is 0.457. The van der Waals surface area contributed by atoms with Crippen LogP contribution in [0.15, 0.2) is 5.16 Å². The molecule has 0 rings (SSSR count). The van der Waals surface area contributed by atoms with Crippen LogP contribution in [0.5, 0.6) is 0 Å². The Hall–Kier alpha value is -1.02. The fourth-order valence-electron chi connectivity index (χ4n) is 1.57. The lowest BCUT2D eigenvalue weighted by Gasteiger charge is -2.21.